The van der Waals surface area contributed by atoms with E-state index in [-0.39, 0.29) is 0 Å². The molecule has 1 amide bonds. The number of rotatable bonds is 9. The van der Waals surface area contributed by atoms with E-state index in [1.807, 2.05) is 30.5 Å². The molecule has 0 saturated carbocycles. The van der Waals surface area contributed by atoms with Gasteiger partial charge in [-0.15, -0.1) is 0 Å². The second-order valence-electron chi connectivity index (χ2n) is 9.03. The molecule has 0 bridgehead atoms. The molecule has 0 unspecified atom stereocenters. The first-order chi connectivity index (χ1) is 18.9. The molecule has 39 heavy (non-hydrogen) atoms. The Morgan fingerprint density at radius 2 is 1.74 bits per heavy atom. The van der Waals surface area contributed by atoms with Gasteiger partial charge in [-0.3, -0.25) is 14.7 Å². The minimum absolute atomic E-state index is 0.340. The molecule has 198 valence electrons. The molecule has 2 aromatic heterocycles. The molecule has 10 heteroatoms. The van der Waals surface area contributed by atoms with E-state index in [4.69, 9.17) is 9.84 Å². The van der Waals surface area contributed by atoms with Crippen LogP contribution in [0.15, 0.2) is 94.9 Å². The number of nitrogens with zero attached hydrogens (tertiary/aromatic N) is 4. The van der Waals surface area contributed by atoms with Crippen molar-refractivity contribution in [1.29, 1.82) is 0 Å². The second kappa shape index (κ2) is 11.1. The fourth-order valence-electron chi connectivity index (χ4n) is 4.63. The summed E-state index contributed by atoms with van der Waals surface area (Å²) in [7, 11) is 1.64. The van der Waals surface area contributed by atoms with Gasteiger partial charge in [0.2, 0.25) is 0 Å². The number of benzene rings is 3. The molecule has 0 aliphatic heterocycles. The number of nitrogens with one attached hydrogen (secondary N) is 1. The summed E-state index contributed by atoms with van der Waals surface area (Å²) in [4.78, 5) is 42.1. The molecular weight excluding hydrogens is 498 g/mol. The first kappa shape index (κ1) is 25.5. The van der Waals surface area contributed by atoms with Gasteiger partial charge in [0.05, 0.1) is 30.0 Å². The Morgan fingerprint density at radius 1 is 1.00 bits per heavy atom. The van der Waals surface area contributed by atoms with Gasteiger partial charge in [-0.05, 0) is 66.9 Å². The lowest BCUT2D eigenvalue weighted by Gasteiger charge is -2.15. The van der Waals surface area contributed by atoms with Crippen LogP contribution in [0.4, 0.5) is 10.5 Å². The number of hydrogen-bond donors (Lipinski definition) is 2. The molecule has 0 fully saturated rings. The van der Waals surface area contributed by atoms with E-state index in [0.29, 0.717) is 48.2 Å². The lowest BCUT2D eigenvalue weighted by Crippen LogP contribution is -2.39. The monoisotopic (exact) mass is 525 g/mol. The van der Waals surface area contributed by atoms with Crippen LogP contribution in [0.2, 0.25) is 0 Å². The smallest absolute Gasteiger partial charge is 0.409 e. The normalized spacial score (nSPS) is 11.0. The van der Waals surface area contributed by atoms with Crippen molar-refractivity contribution in [2.45, 2.75) is 25.9 Å². The first-order valence-electron chi connectivity index (χ1n) is 12.4. The molecule has 0 spiro atoms. The number of aromatic nitrogens is 4. The van der Waals surface area contributed by atoms with Crippen LogP contribution in [-0.4, -0.2) is 37.0 Å². The van der Waals surface area contributed by atoms with Crippen LogP contribution in [-0.2, 0) is 19.5 Å². The molecule has 0 radical (unpaired) electrons. The van der Waals surface area contributed by atoms with Crippen LogP contribution in [0.1, 0.15) is 17.7 Å². The minimum atomic E-state index is -1.20. The van der Waals surface area contributed by atoms with Gasteiger partial charge in [0.15, 0.2) is 0 Å². The maximum Gasteiger partial charge on any atom is 0.409 e. The standard InChI is InChI=1S/C29H27N5O5/c1-39-24-14-8-20(9-15-24)18-32-19-30-17-23(32)5-4-16-33-26-7-3-2-6-25(26)27(35)34(29(33)38)22-12-10-21(11-13-22)31-28(36)37/h2-3,6-15,17,19,31H,4-5,16,18H2,1H3,(H,36,37). The Bertz CT molecular complexity index is 1730. The molecule has 0 saturated heterocycles. The van der Waals surface area contributed by atoms with E-state index in [1.165, 1.54) is 12.1 Å². The van der Waals surface area contributed by atoms with Crippen molar-refractivity contribution in [2.24, 2.45) is 0 Å². The number of imidazole rings is 1. The minimum Gasteiger partial charge on any atom is -0.497 e. The number of aryl methyl sites for hydroxylation is 2. The van der Waals surface area contributed by atoms with Gasteiger partial charge in [0, 0.05) is 30.7 Å². The average molecular weight is 526 g/mol. The number of ether oxygens (including phenoxy) is 1. The molecule has 0 atom stereocenters. The lowest BCUT2D eigenvalue weighted by atomic mass is 10.2. The maximum atomic E-state index is 13.6. The molecule has 3 aromatic carbocycles. The van der Waals surface area contributed by atoms with Crippen molar-refractivity contribution in [2.75, 3.05) is 12.4 Å². The van der Waals surface area contributed by atoms with Crippen molar-refractivity contribution in [3.05, 3.63) is 117 Å². The summed E-state index contributed by atoms with van der Waals surface area (Å²) >= 11 is 0. The highest BCUT2D eigenvalue weighted by Gasteiger charge is 2.15. The van der Waals surface area contributed by atoms with Crippen LogP contribution >= 0.6 is 0 Å². The quantitative estimate of drug-likeness (QED) is 0.299. The maximum absolute atomic E-state index is 13.6. The van der Waals surface area contributed by atoms with E-state index in [2.05, 4.69) is 14.9 Å². The average Bonchev–Trinajstić information content (AvgIpc) is 3.38. The number of carboxylic acid groups (broad SMARTS) is 1. The summed E-state index contributed by atoms with van der Waals surface area (Å²) < 4.78 is 10.1. The summed E-state index contributed by atoms with van der Waals surface area (Å²) in [5.74, 6) is 0.802. The Labute approximate surface area is 223 Å². The Kier molecular flexibility index (Phi) is 7.26. The summed E-state index contributed by atoms with van der Waals surface area (Å²) in [6.07, 6.45) is 3.77. The van der Waals surface area contributed by atoms with Gasteiger partial charge in [-0.2, -0.15) is 0 Å². The predicted molar refractivity (Wildman–Crippen MR) is 148 cm³/mol. The number of methoxy groups -OCH3 is 1. The fraction of sp³-hybridized carbons (Fsp3) is 0.172. The van der Waals surface area contributed by atoms with Crippen molar-refractivity contribution in [1.82, 2.24) is 18.7 Å². The molecule has 0 aliphatic rings. The molecule has 2 heterocycles. The summed E-state index contributed by atoms with van der Waals surface area (Å²) in [5, 5.41) is 11.6. The predicted octanol–water partition coefficient (Wildman–Crippen LogP) is 4.13. The van der Waals surface area contributed by atoms with Gasteiger partial charge in [0.25, 0.3) is 5.56 Å². The van der Waals surface area contributed by atoms with Gasteiger partial charge < -0.3 is 14.4 Å². The van der Waals surface area contributed by atoms with E-state index in [9.17, 15) is 14.4 Å². The van der Waals surface area contributed by atoms with Gasteiger partial charge in [-0.25, -0.2) is 19.1 Å². The van der Waals surface area contributed by atoms with Crippen molar-refractivity contribution in [3.8, 4) is 11.4 Å². The highest BCUT2D eigenvalue weighted by atomic mass is 16.5. The highest BCUT2D eigenvalue weighted by molar-refractivity contribution is 5.83. The largest absolute Gasteiger partial charge is 0.497 e. The molecular formula is C29H27N5O5. The first-order valence-corrected chi connectivity index (χ1v) is 12.4. The molecule has 5 aromatic rings. The summed E-state index contributed by atoms with van der Waals surface area (Å²) in [6, 6.07) is 21.0. The number of para-hydroxylation sites is 1. The van der Waals surface area contributed by atoms with E-state index in [1.54, 1.807) is 54.4 Å². The van der Waals surface area contributed by atoms with Crippen LogP contribution < -0.4 is 21.3 Å². The van der Waals surface area contributed by atoms with Crippen molar-refractivity contribution in [3.63, 3.8) is 0 Å². The SMILES string of the molecule is COc1ccc(Cn2cncc2CCCn2c(=O)n(-c3ccc(NC(=O)O)cc3)c(=O)c3ccccc32)cc1. The zero-order valence-corrected chi connectivity index (χ0v) is 21.3. The van der Waals surface area contributed by atoms with E-state index in [0.717, 1.165) is 21.6 Å². The molecule has 10 nitrogen and oxygen atoms in total. The van der Waals surface area contributed by atoms with E-state index < -0.39 is 17.3 Å². The number of fused-ring (bicyclic) bond motifs is 1. The van der Waals surface area contributed by atoms with E-state index >= 15 is 0 Å². The Hall–Kier alpha value is -5.12. The third-order valence-electron chi connectivity index (χ3n) is 6.55. The van der Waals surface area contributed by atoms with Gasteiger partial charge in [-0.1, -0.05) is 24.3 Å². The summed E-state index contributed by atoms with van der Waals surface area (Å²) in [5.41, 5.74) is 2.55. The number of anilines is 1. The number of carbonyl (C=O) groups is 1. The second-order valence-corrected chi connectivity index (χ2v) is 9.03. The lowest BCUT2D eigenvalue weighted by molar-refractivity contribution is 0.209. The summed E-state index contributed by atoms with van der Waals surface area (Å²) in [6.45, 7) is 1.06. The van der Waals surface area contributed by atoms with Crippen molar-refractivity contribution < 1.29 is 14.6 Å². The van der Waals surface area contributed by atoms with Gasteiger partial charge in [0.1, 0.15) is 5.75 Å². The zero-order valence-electron chi connectivity index (χ0n) is 21.3. The van der Waals surface area contributed by atoms with Crippen LogP contribution in [0.5, 0.6) is 5.75 Å². The Morgan fingerprint density at radius 3 is 2.46 bits per heavy atom. The van der Waals surface area contributed by atoms with Crippen molar-refractivity contribution >= 4 is 22.7 Å². The van der Waals surface area contributed by atoms with Crippen LogP contribution in [0.25, 0.3) is 16.6 Å². The molecule has 0 aliphatic carbocycles. The van der Waals surface area contributed by atoms with Crippen LogP contribution in [0.3, 0.4) is 0 Å². The fourth-order valence-corrected chi connectivity index (χ4v) is 4.63. The number of amides is 1. The highest BCUT2D eigenvalue weighted by Crippen LogP contribution is 2.16. The molecule has 2 N–H and O–H groups in total. The molecule has 5 rings (SSSR count). The van der Waals surface area contributed by atoms with Crippen LogP contribution in [0, 0.1) is 0 Å². The Balaban J connectivity index is 1.40. The van der Waals surface area contributed by atoms with Gasteiger partial charge >= 0.3 is 11.8 Å². The third-order valence-corrected chi connectivity index (χ3v) is 6.55. The zero-order chi connectivity index (χ0) is 27.4. The number of hydrogen-bond acceptors (Lipinski definition) is 5. The third kappa shape index (κ3) is 5.45. The topological polar surface area (TPSA) is 120 Å².